The minimum absolute atomic E-state index is 0.0114. The summed E-state index contributed by atoms with van der Waals surface area (Å²) < 4.78 is 52.6. The Morgan fingerprint density at radius 1 is 0.870 bits per heavy atom. The molecule has 2 aromatic rings. The lowest BCUT2D eigenvalue weighted by Crippen LogP contribution is -1.94. The van der Waals surface area contributed by atoms with Gasteiger partial charge in [0.25, 0.3) is 0 Å². The molecule has 0 saturated heterocycles. The van der Waals surface area contributed by atoms with Crippen molar-refractivity contribution in [3.05, 3.63) is 70.3 Å². The molecule has 0 aliphatic carbocycles. The predicted molar refractivity (Wildman–Crippen MR) is 81.9 cm³/mol. The van der Waals surface area contributed by atoms with Crippen molar-refractivity contribution in [1.82, 2.24) is 0 Å². The second kappa shape index (κ2) is 7.67. The van der Waals surface area contributed by atoms with Crippen LogP contribution < -0.4 is 0 Å². The van der Waals surface area contributed by atoms with Gasteiger partial charge >= 0.3 is 0 Å². The fourth-order valence-electron chi connectivity index (χ4n) is 1.96. The van der Waals surface area contributed by atoms with Crippen LogP contribution in [-0.2, 0) is 6.42 Å². The number of nitrogens with zero attached hydrogens (tertiary/aromatic N) is 2. The van der Waals surface area contributed by atoms with Gasteiger partial charge in [-0.1, -0.05) is 25.5 Å². The van der Waals surface area contributed by atoms with Gasteiger partial charge in [-0.05, 0) is 30.2 Å². The first-order valence-corrected chi connectivity index (χ1v) is 7.00. The topological polar surface area (TPSA) is 24.7 Å². The Balaban J connectivity index is 2.09. The molecule has 0 unspecified atom stereocenters. The van der Waals surface area contributed by atoms with E-state index in [0.29, 0.717) is 0 Å². The monoisotopic (exact) mass is 322 g/mol. The van der Waals surface area contributed by atoms with E-state index < -0.39 is 23.3 Å². The molecular weight excluding hydrogens is 308 g/mol. The number of aryl methyl sites for hydroxylation is 1. The summed E-state index contributed by atoms with van der Waals surface area (Å²) in [5.74, 6) is -4.59. The van der Waals surface area contributed by atoms with E-state index in [4.69, 9.17) is 0 Å². The highest BCUT2D eigenvalue weighted by Crippen LogP contribution is 2.13. The number of hydrogen-bond acceptors (Lipinski definition) is 2. The van der Waals surface area contributed by atoms with E-state index in [9.17, 15) is 17.6 Å². The van der Waals surface area contributed by atoms with Gasteiger partial charge in [-0.25, -0.2) is 17.6 Å². The Labute approximate surface area is 131 Å². The van der Waals surface area contributed by atoms with Crippen LogP contribution in [0.1, 0.15) is 30.0 Å². The van der Waals surface area contributed by atoms with Crippen molar-refractivity contribution in [2.45, 2.75) is 19.8 Å². The number of rotatable bonds is 5. The molecule has 0 aliphatic heterocycles. The molecule has 0 N–H and O–H groups in total. The van der Waals surface area contributed by atoms with E-state index >= 15 is 0 Å². The average Bonchev–Trinajstić information content (AvgIpc) is 2.51. The highest BCUT2D eigenvalue weighted by atomic mass is 19.2. The van der Waals surface area contributed by atoms with E-state index in [1.165, 1.54) is 12.3 Å². The zero-order chi connectivity index (χ0) is 16.8. The summed E-state index contributed by atoms with van der Waals surface area (Å²) in [6, 6.07) is 6.38. The molecule has 120 valence electrons. The standard InChI is InChI=1S/C17H14F4N2/c1-2-3-11-4-5-13(14(18)6-11)10-23-22-9-12-7-15(19)17(21)16(20)8-12/h4-10H,2-3H2,1H3. The molecular formula is C17H14F4N2. The van der Waals surface area contributed by atoms with E-state index in [2.05, 4.69) is 10.2 Å². The maximum atomic E-state index is 13.8. The van der Waals surface area contributed by atoms with E-state index in [1.54, 1.807) is 12.1 Å². The van der Waals surface area contributed by atoms with Gasteiger partial charge in [0.1, 0.15) is 5.82 Å². The fraction of sp³-hybridized carbons (Fsp3) is 0.176. The molecule has 0 radical (unpaired) electrons. The minimum Gasteiger partial charge on any atom is -0.206 e. The van der Waals surface area contributed by atoms with Crippen molar-refractivity contribution in [3.63, 3.8) is 0 Å². The maximum absolute atomic E-state index is 13.8. The van der Waals surface area contributed by atoms with Crippen LogP contribution in [0.5, 0.6) is 0 Å². The van der Waals surface area contributed by atoms with E-state index in [0.717, 1.165) is 36.8 Å². The molecule has 2 nitrogen and oxygen atoms in total. The zero-order valence-electron chi connectivity index (χ0n) is 12.4. The van der Waals surface area contributed by atoms with Gasteiger partial charge in [-0.2, -0.15) is 10.2 Å². The summed E-state index contributed by atoms with van der Waals surface area (Å²) in [5.41, 5.74) is 1.15. The van der Waals surface area contributed by atoms with E-state index in [1.807, 2.05) is 6.92 Å². The molecule has 0 heterocycles. The first kappa shape index (κ1) is 16.9. The molecule has 0 spiro atoms. The van der Waals surface area contributed by atoms with Gasteiger partial charge in [0.15, 0.2) is 17.5 Å². The maximum Gasteiger partial charge on any atom is 0.194 e. The third kappa shape index (κ3) is 4.48. The molecule has 0 saturated carbocycles. The van der Waals surface area contributed by atoms with Gasteiger partial charge in [0.05, 0.1) is 12.4 Å². The van der Waals surface area contributed by atoms with Gasteiger partial charge in [-0.3, -0.25) is 0 Å². The normalized spacial score (nSPS) is 11.7. The Morgan fingerprint density at radius 3 is 2.13 bits per heavy atom. The minimum atomic E-state index is -1.54. The van der Waals surface area contributed by atoms with Crippen LogP contribution in [0.3, 0.4) is 0 Å². The first-order valence-electron chi connectivity index (χ1n) is 7.00. The highest BCUT2D eigenvalue weighted by Gasteiger charge is 2.09. The summed E-state index contributed by atoms with van der Waals surface area (Å²) in [4.78, 5) is 0. The first-order chi connectivity index (χ1) is 11.0. The largest absolute Gasteiger partial charge is 0.206 e. The van der Waals surface area contributed by atoms with Crippen LogP contribution in [-0.4, -0.2) is 12.4 Å². The zero-order valence-corrected chi connectivity index (χ0v) is 12.4. The van der Waals surface area contributed by atoms with Gasteiger partial charge in [0.2, 0.25) is 0 Å². The summed E-state index contributed by atoms with van der Waals surface area (Å²) in [6.45, 7) is 2.00. The summed E-state index contributed by atoms with van der Waals surface area (Å²) >= 11 is 0. The third-order valence-corrected chi connectivity index (χ3v) is 3.08. The average molecular weight is 322 g/mol. The Bertz CT molecular complexity index is 731. The molecule has 0 bridgehead atoms. The Kier molecular flexibility index (Phi) is 5.62. The second-order valence-electron chi connectivity index (χ2n) is 4.89. The van der Waals surface area contributed by atoms with Crippen LogP contribution in [0.4, 0.5) is 17.6 Å². The third-order valence-electron chi connectivity index (χ3n) is 3.08. The van der Waals surface area contributed by atoms with Crippen molar-refractivity contribution in [2.75, 3.05) is 0 Å². The summed E-state index contributed by atoms with van der Waals surface area (Å²) in [6.07, 6.45) is 3.94. The molecule has 23 heavy (non-hydrogen) atoms. The quantitative estimate of drug-likeness (QED) is 0.331. The van der Waals surface area contributed by atoms with Crippen molar-refractivity contribution in [1.29, 1.82) is 0 Å². The van der Waals surface area contributed by atoms with Crippen LogP contribution >= 0.6 is 0 Å². The second-order valence-corrected chi connectivity index (χ2v) is 4.89. The SMILES string of the molecule is CCCc1ccc(C=NN=Cc2cc(F)c(F)c(F)c2)c(F)c1. The van der Waals surface area contributed by atoms with Crippen molar-refractivity contribution in [2.24, 2.45) is 10.2 Å². The highest BCUT2D eigenvalue weighted by molar-refractivity contribution is 5.82. The number of benzene rings is 2. The summed E-state index contributed by atoms with van der Waals surface area (Å²) in [5, 5.41) is 7.19. The molecule has 2 rings (SSSR count). The van der Waals surface area contributed by atoms with Crippen LogP contribution in [0.25, 0.3) is 0 Å². The van der Waals surface area contributed by atoms with Crippen molar-refractivity contribution >= 4 is 12.4 Å². The smallest absolute Gasteiger partial charge is 0.194 e. The molecule has 0 aromatic heterocycles. The van der Waals surface area contributed by atoms with Crippen LogP contribution in [0.2, 0.25) is 0 Å². The predicted octanol–water partition coefficient (Wildman–Crippen LogP) is 4.65. The van der Waals surface area contributed by atoms with Crippen LogP contribution in [0, 0.1) is 23.3 Å². The number of halogens is 4. The van der Waals surface area contributed by atoms with Crippen molar-refractivity contribution in [3.8, 4) is 0 Å². The van der Waals surface area contributed by atoms with Crippen LogP contribution in [0.15, 0.2) is 40.5 Å². The molecule has 0 aliphatic rings. The lowest BCUT2D eigenvalue weighted by molar-refractivity contribution is 0.447. The Morgan fingerprint density at radius 2 is 1.52 bits per heavy atom. The summed E-state index contributed by atoms with van der Waals surface area (Å²) in [7, 11) is 0. The molecule has 0 amide bonds. The lowest BCUT2D eigenvalue weighted by atomic mass is 10.1. The molecule has 6 heteroatoms. The number of hydrogen-bond donors (Lipinski definition) is 0. The van der Waals surface area contributed by atoms with Gasteiger partial charge in [-0.15, -0.1) is 0 Å². The van der Waals surface area contributed by atoms with Gasteiger partial charge in [0, 0.05) is 11.1 Å². The molecule has 0 fully saturated rings. The lowest BCUT2D eigenvalue weighted by Gasteiger charge is -2.00. The Hall–Kier alpha value is -2.50. The fourth-order valence-corrected chi connectivity index (χ4v) is 1.96. The van der Waals surface area contributed by atoms with Gasteiger partial charge < -0.3 is 0 Å². The molecule has 2 aromatic carbocycles. The molecule has 0 atom stereocenters. The van der Waals surface area contributed by atoms with E-state index in [-0.39, 0.29) is 11.1 Å². The van der Waals surface area contributed by atoms with Crippen molar-refractivity contribution < 1.29 is 17.6 Å².